The van der Waals surface area contributed by atoms with Gasteiger partial charge in [-0.3, -0.25) is 4.79 Å². The minimum Gasteiger partial charge on any atom is -0.356 e. The van der Waals surface area contributed by atoms with E-state index in [9.17, 15) is 9.18 Å². The van der Waals surface area contributed by atoms with Crippen LogP contribution in [-0.4, -0.2) is 27.6 Å². The van der Waals surface area contributed by atoms with Gasteiger partial charge in [-0.2, -0.15) is 4.98 Å². The lowest BCUT2D eigenvalue weighted by atomic mass is 10.0. The highest BCUT2D eigenvalue weighted by Gasteiger charge is 2.15. The maximum atomic E-state index is 13.0. The van der Waals surface area contributed by atoms with Crippen molar-refractivity contribution in [1.29, 1.82) is 0 Å². The highest BCUT2D eigenvalue weighted by molar-refractivity contribution is 7.11. The first kappa shape index (κ1) is 19.7. The molecule has 0 unspecified atom stereocenters. The maximum absolute atomic E-state index is 13.0. The van der Waals surface area contributed by atoms with Crippen LogP contribution in [0, 0.1) is 5.82 Å². The summed E-state index contributed by atoms with van der Waals surface area (Å²) in [5, 5.41) is 8.01. The van der Waals surface area contributed by atoms with Crippen LogP contribution in [0.2, 0.25) is 0 Å². The Morgan fingerprint density at radius 3 is 2.79 bits per heavy atom. The van der Waals surface area contributed by atoms with Gasteiger partial charge in [0.2, 0.25) is 17.6 Å². The second kappa shape index (κ2) is 9.26. The summed E-state index contributed by atoms with van der Waals surface area (Å²) in [6, 6.07) is 5.88. The molecule has 1 aliphatic carbocycles. The summed E-state index contributed by atoms with van der Waals surface area (Å²) >= 11 is 1.83. The Kier molecular flexibility index (Phi) is 6.29. The maximum Gasteiger partial charge on any atom is 0.227 e. The smallest absolute Gasteiger partial charge is 0.227 e. The highest BCUT2D eigenvalue weighted by Crippen LogP contribution is 2.27. The summed E-state index contributed by atoms with van der Waals surface area (Å²) < 4.78 is 18.2. The average Bonchev–Trinajstić information content (AvgIpc) is 3.37. The molecular weight excluding hydrogens is 391 g/mol. The number of halogens is 1. The minimum atomic E-state index is -0.316. The second-order valence-corrected chi connectivity index (χ2v) is 8.32. The molecule has 0 spiro atoms. The van der Waals surface area contributed by atoms with Crippen molar-refractivity contribution >= 4 is 17.2 Å². The average molecular weight is 415 g/mol. The molecule has 0 saturated carbocycles. The first-order chi connectivity index (χ1) is 14.2. The normalized spacial score (nSPS) is 13.3. The van der Waals surface area contributed by atoms with Gasteiger partial charge in [0.1, 0.15) is 5.82 Å². The molecular formula is C21H23FN4O2S. The molecule has 0 bridgehead atoms. The number of benzene rings is 1. The number of thiazole rings is 1. The van der Waals surface area contributed by atoms with Crippen LogP contribution in [-0.2, 0) is 30.5 Å². The minimum absolute atomic E-state index is 0.0371. The van der Waals surface area contributed by atoms with E-state index < -0.39 is 0 Å². The van der Waals surface area contributed by atoms with Gasteiger partial charge >= 0.3 is 0 Å². The highest BCUT2D eigenvalue weighted by atomic mass is 32.1. The van der Waals surface area contributed by atoms with E-state index in [4.69, 9.17) is 9.51 Å². The Labute approximate surface area is 172 Å². The molecule has 1 N–H and O–H groups in total. The molecule has 1 aromatic carbocycles. The number of rotatable bonds is 8. The van der Waals surface area contributed by atoms with Crippen LogP contribution in [0.1, 0.15) is 47.2 Å². The fourth-order valence-corrected chi connectivity index (χ4v) is 4.56. The van der Waals surface area contributed by atoms with E-state index in [1.807, 2.05) is 11.3 Å². The van der Waals surface area contributed by atoms with Crippen LogP contribution in [0.5, 0.6) is 0 Å². The van der Waals surface area contributed by atoms with Gasteiger partial charge in [-0.25, -0.2) is 9.37 Å². The summed E-state index contributed by atoms with van der Waals surface area (Å²) in [5.41, 5.74) is 1.97. The van der Waals surface area contributed by atoms with Crippen LogP contribution < -0.4 is 5.32 Å². The molecule has 2 aromatic heterocycles. The van der Waals surface area contributed by atoms with Gasteiger partial charge in [-0.05, 0) is 56.4 Å². The zero-order valence-corrected chi connectivity index (χ0v) is 16.9. The number of nitrogens with one attached hydrogen (secondary N) is 1. The van der Waals surface area contributed by atoms with E-state index in [2.05, 4.69) is 15.5 Å². The molecule has 0 atom stereocenters. The third kappa shape index (κ3) is 5.26. The van der Waals surface area contributed by atoms with Crippen molar-refractivity contribution in [1.82, 2.24) is 20.4 Å². The van der Waals surface area contributed by atoms with E-state index >= 15 is 0 Å². The zero-order chi connectivity index (χ0) is 20.1. The van der Waals surface area contributed by atoms with Crippen LogP contribution in [0.15, 0.2) is 28.8 Å². The Morgan fingerprint density at radius 1 is 1.14 bits per heavy atom. The van der Waals surface area contributed by atoms with Gasteiger partial charge in [-0.1, -0.05) is 5.16 Å². The fraction of sp³-hybridized carbons (Fsp3) is 0.429. The van der Waals surface area contributed by atoms with Crippen LogP contribution in [0.4, 0.5) is 4.39 Å². The number of carbonyl (C=O) groups is 1. The Morgan fingerprint density at radius 2 is 1.97 bits per heavy atom. The molecule has 1 amide bonds. The number of aromatic nitrogens is 3. The Balaban J connectivity index is 1.17. The van der Waals surface area contributed by atoms with Crippen molar-refractivity contribution in [2.24, 2.45) is 0 Å². The van der Waals surface area contributed by atoms with Gasteiger partial charge in [-0.15, -0.1) is 11.3 Å². The SMILES string of the molecule is O=C(CCc1nc(-c2ccc(F)cc2)no1)NCCCc1nc2c(s1)CCCC2. The number of nitrogens with zero attached hydrogens (tertiary/aromatic N) is 3. The third-order valence-electron chi connectivity index (χ3n) is 4.92. The number of amides is 1. The number of aryl methyl sites for hydroxylation is 4. The predicted molar refractivity (Wildman–Crippen MR) is 108 cm³/mol. The van der Waals surface area contributed by atoms with E-state index in [0.717, 1.165) is 19.3 Å². The van der Waals surface area contributed by atoms with Crippen molar-refractivity contribution in [3.05, 3.63) is 51.6 Å². The summed E-state index contributed by atoms with van der Waals surface area (Å²) in [6.45, 7) is 0.633. The zero-order valence-electron chi connectivity index (χ0n) is 16.1. The predicted octanol–water partition coefficient (Wildman–Crippen LogP) is 3.89. The number of hydrogen-bond acceptors (Lipinski definition) is 6. The molecule has 0 aliphatic heterocycles. The molecule has 8 heteroatoms. The summed E-state index contributed by atoms with van der Waals surface area (Å²) in [7, 11) is 0. The van der Waals surface area contributed by atoms with Crippen molar-refractivity contribution in [3.63, 3.8) is 0 Å². The van der Waals surface area contributed by atoms with Crippen molar-refractivity contribution in [2.75, 3.05) is 6.54 Å². The summed E-state index contributed by atoms with van der Waals surface area (Å²) in [4.78, 5) is 22.5. The molecule has 6 nitrogen and oxygen atoms in total. The lowest BCUT2D eigenvalue weighted by Crippen LogP contribution is -2.25. The standard InChI is InChI=1S/C21H23FN4O2S/c22-15-9-7-14(8-10-15)21-25-19(28-26-21)12-11-18(27)23-13-3-6-20-24-16-4-1-2-5-17(16)29-20/h7-10H,1-6,11-13H2,(H,23,27). The van der Waals surface area contributed by atoms with Crippen molar-refractivity contribution in [2.45, 2.75) is 51.4 Å². The second-order valence-electron chi connectivity index (χ2n) is 7.16. The van der Waals surface area contributed by atoms with Crippen LogP contribution in [0.25, 0.3) is 11.4 Å². The molecule has 2 heterocycles. The lowest BCUT2D eigenvalue weighted by Gasteiger charge is -2.06. The summed E-state index contributed by atoms with van der Waals surface area (Å²) in [5.74, 6) is 0.438. The number of fused-ring (bicyclic) bond motifs is 1. The molecule has 1 aliphatic rings. The van der Waals surface area contributed by atoms with E-state index in [-0.39, 0.29) is 18.1 Å². The molecule has 3 aromatic rings. The Hall–Kier alpha value is -2.61. The van der Waals surface area contributed by atoms with Crippen molar-refractivity contribution < 1.29 is 13.7 Å². The number of carbonyl (C=O) groups excluding carboxylic acids is 1. The molecule has 152 valence electrons. The Bertz CT molecular complexity index is 944. The quantitative estimate of drug-likeness (QED) is 0.566. The van der Waals surface area contributed by atoms with Gasteiger partial charge < -0.3 is 9.84 Å². The van der Waals surface area contributed by atoms with Gasteiger partial charge in [0, 0.05) is 36.2 Å². The van der Waals surface area contributed by atoms with E-state index in [0.29, 0.717) is 30.2 Å². The van der Waals surface area contributed by atoms with Crippen LogP contribution >= 0.6 is 11.3 Å². The first-order valence-corrected chi connectivity index (χ1v) is 10.8. The van der Waals surface area contributed by atoms with E-state index in [1.165, 1.54) is 47.0 Å². The van der Waals surface area contributed by atoms with Crippen LogP contribution in [0.3, 0.4) is 0 Å². The topological polar surface area (TPSA) is 80.9 Å². The molecule has 0 fully saturated rings. The largest absolute Gasteiger partial charge is 0.356 e. The van der Waals surface area contributed by atoms with Crippen molar-refractivity contribution in [3.8, 4) is 11.4 Å². The molecule has 29 heavy (non-hydrogen) atoms. The third-order valence-corrected chi connectivity index (χ3v) is 6.13. The first-order valence-electron chi connectivity index (χ1n) is 10.00. The lowest BCUT2D eigenvalue weighted by molar-refractivity contribution is -0.121. The van der Waals surface area contributed by atoms with Gasteiger partial charge in [0.25, 0.3) is 0 Å². The molecule has 0 radical (unpaired) electrons. The number of hydrogen-bond donors (Lipinski definition) is 1. The fourth-order valence-electron chi connectivity index (χ4n) is 3.36. The van der Waals surface area contributed by atoms with Gasteiger partial charge in [0.15, 0.2) is 0 Å². The summed E-state index contributed by atoms with van der Waals surface area (Å²) in [6.07, 6.45) is 7.25. The molecule has 0 saturated heterocycles. The monoisotopic (exact) mass is 414 g/mol. The molecule has 4 rings (SSSR count). The van der Waals surface area contributed by atoms with Gasteiger partial charge in [0.05, 0.1) is 10.7 Å². The van der Waals surface area contributed by atoms with E-state index in [1.54, 1.807) is 12.1 Å².